The molecule has 0 aliphatic heterocycles. The fourth-order valence-electron chi connectivity index (χ4n) is 6.54. The van der Waals surface area contributed by atoms with Crippen LogP contribution in [0.5, 0.6) is 0 Å². The van der Waals surface area contributed by atoms with Crippen LogP contribution in [0.25, 0.3) is 0 Å². The van der Waals surface area contributed by atoms with Crippen molar-refractivity contribution < 1.29 is 13.7 Å². The van der Waals surface area contributed by atoms with E-state index in [0.29, 0.717) is 0 Å². The van der Waals surface area contributed by atoms with Gasteiger partial charge in [0, 0.05) is 78.1 Å². The first-order valence-corrected chi connectivity index (χ1v) is 20.2. The summed E-state index contributed by atoms with van der Waals surface area (Å²) in [7, 11) is 0. The van der Waals surface area contributed by atoms with Crippen LogP contribution in [0.1, 0.15) is 138 Å². The van der Waals surface area contributed by atoms with Crippen LogP contribution in [0.4, 0.5) is 0 Å². The Morgan fingerprint density at radius 3 is 1.27 bits per heavy atom. The van der Waals surface area contributed by atoms with E-state index in [1.165, 1.54) is 86.5 Å². The van der Waals surface area contributed by atoms with E-state index in [2.05, 4.69) is 150 Å². The molecule has 0 saturated heterocycles. The molecule has 0 spiro atoms. The summed E-state index contributed by atoms with van der Waals surface area (Å²) in [6, 6.07) is 20.1. The molecule has 0 fully saturated rings. The Labute approximate surface area is 311 Å². The predicted molar refractivity (Wildman–Crippen MR) is 212 cm³/mol. The number of pyridine rings is 3. The molecule has 0 atom stereocenters. The molecule has 0 aliphatic rings. The summed E-state index contributed by atoms with van der Waals surface area (Å²) in [6.07, 6.45) is 33.1. The summed E-state index contributed by atoms with van der Waals surface area (Å²) in [5.74, 6) is 14.0. The van der Waals surface area contributed by atoms with E-state index < -0.39 is 0 Å². The lowest BCUT2D eigenvalue weighted by Gasteiger charge is -2.05. The lowest BCUT2D eigenvalue weighted by atomic mass is 10.0. The maximum Gasteiger partial charge on any atom is 0.171 e. The Bertz CT molecular complexity index is 1620. The molecule has 0 radical (unpaired) electrons. The van der Waals surface area contributed by atoms with E-state index in [0.717, 1.165) is 75.7 Å². The van der Waals surface area contributed by atoms with Gasteiger partial charge in [-0.15, -0.1) is 0 Å². The van der Waals surface area contributed by atoms with Crippen LogP contribution in [-0.4, -0.2) is 0 Å². The molecular formula is C48H64N3+3. The minimum atomic E-state index is 0.895. The van der Waals surface area contributed by atoms with Gasteiger partial charge in [-0.1, -0.05) is 63.7 Å². The van der Waals surface area contributed by atoms with Crippen molar-refractivity contribution >= 4 is 0 Å². The highest BCUT2D eigenvalue weighted by molar-refractivity contribution is 5.46. The quantitative estimate of drug-likeness (QED) is 0.0471. The highest BCUT2D eigenvalue weighted by Gasteiger charge is 2.06. The minimum Gasteiger partial charge on any atom is -0.205 e. The van der Waals surface area contributed by atoms with E-state index in [4.69, 9.17) is 0 Å². The van der Waals surface area contributed by atoms with Gasteiger partial charge < -0.3 is 0 Å². The number of unbranched alkanes of at least 4 members (excludes halogenated alkanes) is 7. The second-order valence-corrected chi connectivity index (χ2v) is 14.2. The summed E-state index contributed by atoms with van der Waals surface area (Å²) in [5, 5.41) is 0. The zero-order valence-corrected chi connectivity index (χ0v) is 32.1. The largest absolute Gasteiger partial charge is 0.205 e. The smallest absolute Gasteiger partial charge is 0.171 e. The monoisotopic (exact) mass is 683 g/mol. The van der Waals surface area contributed by atoms with E-state index in [1.807, 2.05) is 0 Å². The van der Waals surface area contributed by atoms with E-state index in [-0.39, 0.29) is 0 Å². The zero-order valence-electron chi connectivity index (χ0n) is 32.1. The van der Waals surface area contributed by atoms with Crippen molar-refractivity contribution in [1.29, 1.82) is 0 Å². The van der Waals surface area contributed by atoms with Crippen LogP contribution in [0.2, 0.25) is 0 Å². The van der Waals surface area contributed by atoms with Crippen molar-refractivity contribution in [3.63, 3.8) is 0 Å². The Morgan fingerprint density at radius 1 is 0.431 bits per heavy atom. The number of rotatable bonds is 21. The number of nitrogens with zero attached hydrogens (tertiary/aromatic N) is 3. The Balaban J connectivity index is 1.32. The van der Waals surface area contributed by atoms with Crippen molar-refractivity contribution in [2.24, 2.45) is 0 Å². The van der Waals surface area contributed by atoms with Crippen LogP contribution in [0.15, 0.2) is 91.8 Å². The van der Waals surface area contributed by atoms with E-state index in [1.54, 1.807) is 0 Å². The third kappa shape index (κ3) is 16.1. The van der Waals surface area contributed by atoms with Crippen molar-refractivity contribution in [1.82, 2.24) is 0 Å². The molecule has 0 amide bonds. The molecule has 3 aromatic heterocycles. The Hall–Kier alpha value is -4.21. The van der Waals surface area contributed by atoms with Gasteiger partial charge in [-0.05, 0) is 99.7 Å². The van der Waals surface area contributed by atoms with Gasteiger partial charge in [0.15, 0.2) is 37.2 Å². The van der Waals surface area contributed by atoms with Gasteiger partial charge in [0.05, 0.1) is 0 Å². The van der Waals surface area contributed by atoms with Crippen LogP contribution in [0, 0.1) is 23.7 Å². The number of benzene rings is 1. The number of hydrogen-bond donors (Lipinski definition) is 0. The Kier molecular flexibility index (Phi) is 18.7. The molecule has 0 saturated carbocycles. The molecule has 51 heavy (non-hydrogen) atoms. The van der Waals surface area contributed by atoms with Gasteiger partial charge in [0.2, 0.25) is 0 Å². The van der Waals surface area contributed by atoms with Crippen molar-refractivity contribution in [2.75, 3.05) is 0 Å². The third-order valence-electron chi connectivity index (χ3n) is 9.49. The molecule has 0 aliphatic carbocycles. The second kappa shape index (κ2) is 24.1. The van der Waals surface area contributed by atoms with Crippen LogP contribution < -0.4 is 13.7 Å². The minimum absolute atomic E-state index is 0.895. The van der Waals surface area contributed by atoms with Gasteiger partial charge >= 0.3 is 0 Å². The molecule has 3 heteroatoms. The number of aromatic nitrogens is 3. The van der Waals surface area contributed by atoms with Gasteiger partial charge in [-0.25, -0.2) is 13.7 Å². The average Bonchev–Trinajstić information content (AvgIpc) is 3.15. The first kappa shape index (κ1) is 39.6. The standard InChI is InChI=1S/C48H64N3/c1-4-7-22-43-28-19-34-49(40-43)31-16-10-13-25-46-37-47(26-14-11-17-32-50-35-20-29-44(41-50)23-8-5-2)39-48(38-46)27-15-12-18-33-51-36-21-30-45(42-51)24-9-6-3/h19-21,28-30,34-42H,4-13,16-18,22-25,31-33H2,1-3H3/q+3. The van der Waals surface area contributed by atoms with Gasteiger partial charge in [-0.3, -0.25) is 0 Å². The lowest BCUT2D eigenvalue weighted by Crippen LogP contribution is -2.33. The fourth-order valence-corrected chi connectivity index (χ4v) is 6.54. The van der Waals surface area contributed by atoms with Gasteiger partial charge in [-0.2, -0.15) is 0 Å². The SMILES string of the molecule is CCCCc1ccc[n+](CCCC#Cc2cc(C#CCCC[n+]3cccc(CCCC)c3)cc(CCCCC[n+]3cccc(CCCC)c3)c2)c1. The van der Waals surface area contributed by atoms with Crippen LogP contribution >= 0.6 is 0 Å². The summed E-state index contributed by atoms with van der Waals surface area (Å²) in [6.45, 7) is 9.88. The summed E-state index contributed by atoms with van der Waals surface area (Å²) in [5.41, 5.74) is 7.88. The first-order valence-electron chi connectivity index (χ1n) is 20.2. The third-order valence-corrected chi connectivity index (χ3v) is 9.49. The average molecular weight is 683 g/mol. The summed E-state index contributed by atoms with van der Waals surface area (Å²) in [4.78, 5) is 0. The second-order valence-electron chi connectivity index (χ2n) is 14.2. The van der Waals surface area contributed by atoms with Crippen molar-refractivity contribution in [3.05, 3.63) is 125 Å². The topological polar surface area (TPSA) is 11.6 Å². The zero-order chi connectivity index (χ0) is 35.8. The molecule has 0 N–H and O–H groups in total. The fraction of sp³-hybridized carbons (Fsp3) is 0.479. The van der Waals surface area contributed by atoms with E-state index in [9.17, 15) is 0 Å². The maximum atomic E-state index is 3.50. The van der Waals surface area contributed by atoms with Gasteiger partial charge in [0.25, 0.3) is 0 Å². The number of hydrogen-bond acceptors (Lipinski definition) is 0. The molecular weight excluding hydrogens is 619 g/mol. The molecule has 268 valence electrons. The van der Waals surface area contributed by atoms with Crippen LogP contribution in [0.3, 0.4) is 0 Å². The summed E-state index contributed by atoms with van der Waals surface area (Å²) < 4.78 is 7.02. The normalized spacial score (nSPS) is 10.7. The molecule has 4 rings (SSSR count). The molecule has 3 nitrogen and oxygen atoms in total. The maximum absolute atomic E-state index is 3.50. The van der Waals surface area contributed by atoms with Crippen LogP contribution in [-0.2, 0) is 45.3 Å². The van der Waals surface area contributed by atoms with E-state index >= 15 is 0 Å². The molecule has 1 aromatic carbocycles. The highest BCUT2D eigenvalue weighted by Crippen LogP contribution is 2.14. The first-order chi connectivity index (χ1) is 25.1. The highest BCUT2D eigenvalue weighted by atomic mass is 14.9. The van der Waals surface area contributed by atoms with Gasteiger partial charge in [0.1, 0.15) is 19.6 Å². The predicted octanol–water partition coefficient (Wildman–Crippen LogP) is 9.65. The Morgan fingerprint density at radius 2 is 0.843 bits per heavy atom. The summed E-state index contributed by atoms with van der Waals surface area (Å²) >= 11 is 0. The molecule has 0 unspecified atom stereocenters. The van der Waals surface area contributed by atoms with Crippen molar-refractivity contribution in [3.8, 4) is 23.7 Å². The van der Waals surface area contributed by atoms with Crippen molar-refractivity contribution in [2.45, 2.75) is 150 Å². The molecule has 4 aromatic rings. The molecule has 0 bridgehead atoms. The number of aryl methyl sites for hydroxylation is 7. The lowest BCUT2D eigenvalue weighted by molar-refractivity contribution is -0.697. The molecule has 3 heterocycles.